The number of rotatable bonds is 3. The van der Waals surface area contributed by atoms with Gasteiger partial charge in [-0.3, -0.25) is 4.79 Å². The first-order valence-corrected chi connectivity index (χ1v) is 8.88. The number of piperidine rings is 1. The van der Waals surface area contributed by atoms with Gasteiger partial charge in [-0.05, 0) is 6.26 Å². The third-order valence-corrected chi connectivity index (χ3v) is 4.95. The first-order chi connectivity index (χ1) is 11.4. The standard InChI is InChI=1S/C15H17F2N5OS/c1-24-14-19-7-10(6-18)12(20-14)22-8-11(9-22)13(23)21-4-2-15(16,17)3-5-21/h7,11H,2-5,8-9H2,1H3. The van der Waals surface area contributed by atoms with E-state index in [2.05, 4.69) is 16.0 Å². The lowest BCUT2D eigenvalue weighted by Gasteiger charge is -2.43. The van der Waals surface area contributed by atoms with Crippen LogP contribution >= 0.6 is 11.8 Å². The molecule has 3 rings (SSSR count). The topological polar surface area (TPSA) is 73.1 Å². The van der Waals surface area contributed by atoms with Crippen molar-refractivity contribution < 1.29 is 13.6 Å². The number of aromatic nitrogens is 2. The van der Waals surface area contributed by atoms with E-state index in [9.17, 15) is 13.6 Å². The molecule has 0 spiro atoms. The number of likely N-dealkylation sites (tertiary alicyclic amines) is 1. The van der Waals surface area contributed by atoms with Crippen LogP contribution in [0.4, 0.5) is 14.6 Å². The van der Waals surface area contributed by atoms with E-state index in [1.807, 2.05) is 11.2 Å². The summed E-state index contributed by atoms with van der Waals surface area (Å²) >= 11 is 1.38. The van der Waals surface area contributed by atoms with Crippen molar-refractivity contribution in [2.45, 2.75) is 23.9 Å². The largest absolute Gasteiger partial charge is 0.354 e. The summed E-state index contributed by atoms with van der Waals surface area (Å²) in [5, 5.41) is 9.74. The zero-order chi connectivity index (χ0) is 17.3. The van der Waals surface area contributed by atoms with E-state index >= 15 is 0 Å². The van der Waals surface area contributed by atoms with Crippen LogP contribution in [0.5, 0.6) is 0 Å². The van der Waals surface area contributed by atoms with Crippen LogP contribution in [0.2, 0.25) is 0 Å². The van der Waals surface area contributed by atoms with E-state index in [1.54, 1.807) is 0 Å². The molecule has 0 aliphatic carbocycles. The molecule has 1 aromatic heterocycles. The number of anilines is 1. The molecule has 0 bridgehead atoms. The third-order valence-electron chi connectivity index (χ3n) is 4.39. The summed E-state index contributed by atoms with van der Waals surface area (Å²) in [6, 6.07) is 2.06. The number of amides is 1. The van der Waals surface area contributed by atoms with Crippen molar-refractivity contribution in [3.8, 4) is 6.07 Å². The quantitative estimate of drug-likeness (QED) is 0.609. The van der Waals surface area contributed by atoms with Gasteiger partial charge in [-0.2, -0.15) is 5.26 Å². The van der Waals surface area contributed by atoms with Gasteiger partial charge in [-0.25, -0.2) is 18.7 Å². The maximum Gasteiger partial charge on any atom is 0.251 e. The Hall–Kier alpha value is -1.95. The molecule has 2 saturated heterocycles. The molecule has 3 heterocycles. The van der Waals surface area contributed by atoms with Crippen LogP contribution in [0.3, 0.4) is 0 Å². The Balaban J connectivity index is 1.62. The zero-order valence-corrected chi connectivity index (χ0v) is 14.0. The van der Waals surface area contributed by atoms with Crippen LogP contribution in [0.15, 0.2) is 11.4 Å². The van der Waals surface area contributed by atoms with E-state index in [1.165, 1.54) is 22.9 Å². The molecule has 0 radical (unpaired) electrons. The van der Waals surface area contributed by atoms with Gasteiger partial charge in [0.2, 0.25) is 5.91 Å². The minimum absolute atomic E-state index is 0.0839. The van der Waals surface area contributed by atoms with E-state index in [0.29, 0.717) is 29.6 Å². The Morgan fingerprint density at radius 1 is 1.42 bits per heavy atom. The average molecular weight is 353 g/mol. The highest BCUT2D eigenvalue weighted by molar-refractivity contribution is 7.98. The van der Waals surface area contributed by atoms with E-state index < -0.39 is 5.92 Å². The predicted octanol–water partition coefficient (Wildman–Crippen LogP) is 1.76. The highest BCUT2D eigenvalue weighted by Crippen LogP contribution is 2.31. The molecule has 24 heavy (non-hydrogen) atoms. The molecule has 6 nitrogen and oxygen atoms in total. The molecule has 1 amide bonds. The summed E-state index contributed by atoms with van der Waals surface area (Å²) in [5.41, 5.74) is 0.372. The Labute approximate surface area is 142 Å². The van der Waals surface area contributed by atoms with E-state index in [-0.39, 0.29) is 37.8 Å². The van der Waals surface area contributed by atoms with Crippen LogP contribution in [0, 0.1) is 17.2 Å². The van der Waals surface area contributed by atoms with Gasteiger partial charge in [-0.1, -0.05) is 11.8 Å². The maximum atomic E-state index is 13.2. The average Bonchev–Trinajstić information content (AvgIpc) is 2.53. The molecule has 0 aromatic carbocycles. The van der Waals surface area contributed by atoms with Crippen molar-refractivity contribution in [2.24, 2.45) is 5.92 Å². The molecular formula is C15H17F2N5OS. The summed E-state index contributed by atoms with van der Waals surface area (Å²) in [6.07, 6.45) is 2.79. The minimum Gasteiger partial charge on any atom is -0.354 e. The molecule has 0 atom stereocenters. The molecule has 0 unspecified atom stereocenters. The van der Waals surface area contributed by atoms with Crippen molar-refractivity contribution in [1.82, 2.24) is 14.9 Å². The van der Waals surface area contributed by atoms with E-state index in [0.717, 1.165) is 0 Å². The smallest absolute Gasteiger partial charge is 0.251 e. The lowest BCUT2D eigenvalue weighted by Crippen LogP contribution is -2.56. The molecule has 0 N–H and O–H groups in total. The summed E-state index contributed by atoms with van der Waals surface area (Å²) in [4.78, 5) is 24.2. The van der Waals surface area contributed by atoms with Crippen molar-refractivity contribution >= 4 is 23.5 Å². The van der Waals surface area contributed by atoms with Crippen molar-refractivity contribution in [3.63, 3.8) is 0 Å². The third kappa shape index (κ3) is 3.29. The number of carbonyl (C=O) groups excluding carboxylic acids is 1. The van der Waals surface area contributed by atoms with Gasteiger partial charge in [0.1, 0.15) is 11.6 Å². The summed E-state index contributed by atoms with van der Waals surface area (Å²) in [6.45, 7) is 1.11. The highest BCUT2D eigenvalue weighted by atomic mass is 32.2. The Bertz CT molecular complexity index is 677. The van der Waals surface area contributed by atoms with Crippen molar-refractivity contribution in [3.05, 3.63) is 11.8 Å². The molecule has 1 aromatic rings. The SMILES string of the molecule is CSc1ncc(C#N)c(N2CC(C(=O)N3CCC(F)(F)CC3)C2)n1. The fraction of sp³-hybridized carbons (Fsp3) is 0.600. The molecule has 2 fully saturated rings. The second-order valence-electron chi connectivity index (χ2n) is 5.99. The Morgan fingerprint density at radius 3 is 2.67 bits per heavy atom. The Morgan fingerprint density at radius 2 is 2.08 bits per heavy atom. The Kier molecular flexibility index (Phi) is 4.58. The fourth-order valence-electron chi connectivity index (χ4n) is 2.90. The minimum atomic E-state index is -2.65. The monoisotopic (exact) mass is 353 g/mol. The molecular weight excluding hydrogens is 336 g/mol. The normalized spacial score (nSPS) is 20.4. The van der Waals surface area contributed by atoms with Gasteiger partial charge in [0.25, 0.3) is 5.92 Å². The van der Waals surface area contributed by atoms with Crippen LogP contribution in [0.25, 0.3) is 0 Å². The van der Waals surface area contributed by atoms with Crippen LogP contribution in [-0.2, 0) is 4.79 Å². The summed E-state index contributed by atoms with van der Waals surface area (Å²) < 4.78 is 26.4. The number of nitrogens with zero attached hydrogens (tertiary/aromatic N) is 5. The number of nitriles is 1. The second-order valence-corrected chi connectivity index (χ2v) is 6.76. The number of alkyl halides is 2. The molecule has 0 saturated carbocycles. The summed E-state index contributed by atoms with van der Waals surface area (Å²) in [7, 11) is 0. The van der Waals surface area contributed by atoms with Gasteiger partial charge < -0.3 is 9.80 Å². The lowest BCUT2D eigenvalue weighted by molar-refractivity contribution is -0.142. The van der Waals surface area contributed by atoms with E-state index in [4.69, 9.17) is 5.26 Å². The predicted molar refractivity (Wildman–Crippen MR) is 85.0 cm³/mol. The molecule has 2 aliphatic rings. The van der Waals surface area contributed by atoms with Gasteiger partial charge in [0.15, 0.2) is 11.0 Å². The molecule has 9 heteroatoms. The first-order valence-electron chi connectivity index (χ1n) is 7.66. The molecule has 128 valence electrons. The van der Waals surface area contributed by atoms with Gasteiger partial charge in [0, 0.05) is 39.0 Å². The highest BCUT2D eigenvalue weighted by Gasteiger charge is 2.41. The van der Waals surface area contributed by atoms with Crippen LogP contribution in [0.1, 0.15) is 18.4 Å². The van der Waals surface area contributed by atoms with Crippen molar-refractivity contribution in [2.75, 3.05) is 37.3 Å². The number of hydrogen-bond donors (Lipinski definition) is 0. The molecule has 2 aliphatic heterocycles. The fourth-order valence-corrected chi connectivity index (χ4v) is 3.23. The van der Waals surface area contributed by atoms with Gasteiger partial charge in [-0.15, -0.1) is 0 Å². The zero-order valence-electron chi connectivity index (χ0n) is 13.2. The van der Waals surface area contributed by atoms with Crippen LogP contribution in [-0.4, -0.2) is 59.1 Å². The number of halogens is 2. The maximum absolute atomic E-state index is 13.2. The second kappa shape index (κ2) is 6.51. The van der Waals surface area contributed by atoms with Gasteiger partial charge in [0.05, 0.1) is 12.1 Å². The van der Waals surface area contributed by atoms with Gasteiger partial charge >= 0.3 is 0 Å². The number of hydrogen-bond acceptors (Lipinski definition) is 6. The number of thioether (sulfide) groups is 1. The number of carbonyl (C=O) groups is 1. The summed E-state index contributed by atoms with van der Waals surface area (Å²) in [5.74, 6) is -2.43. The van der Waals surface area contributed by atoms with Crippen molar-refractivity contribution in [1.29, 1.82) is 5.26 Å². The van der Waals surface area contributed by atoms with Crippen LogP contribution < -0.4 is 4.90 Å². The first kappa shape index (κ1) is 16.9. The lowest BCUT2D eigenvalue weighted by atomic mass is 9.96.